The highest BCUT2D eigenvalue weighted by atomic mass is 32.1. The van der Waals surface area contributed by atoms with Gasteiger partial charge in [-0.3, -0.25) is 4.79 Å². The lowest BCUT2D eigenvalue weighted by atomic mass is 9.99. The second kappa shape index (κ2) is 8.65. The van der Waals surface area contributed by atoms with E-state index in [1.165, 1.54) is 6.33 Å². The van der Waals surface area contributed by atoms with Crippen LogP contribution in [-0.2, 0) is 11.2 Å². The monoisotopic (exact) mass is 431 g/mol. The summed E-state index contributed by atoms with van der Waals surface area (Å²) in [6.07, 6.45) is 5.80. The molecule has 0 atom stereocenters. The molecule has 0 bridgehead atoms. The number of rotatable bonds is 7. The zero-order chi connectivity index (χ0) is 21.0. The molecule has 31 heavy (non-hydrogen) atoms. The van der Waals surface area contributed by atoms with Gasteiger partial charge in [0.05, 0.1) is 11.6 Å². The van der Waals surface area contributed by atoms with Gasteiger partial charge in [0, 0.05) is 55.5 Å². The summed E-state index contributed by atoms with van der Waals surface area (Å²) in [4.78, 5) is 27.8. The first-order chi connectivity index (χ1) is 15.3. The van der Waals surface area contributed by atoms with Gasteiger partial charge in [-0.15, -0.1) is 11.3 Å². The highest BCUT2D eigenvalue weighted by Gasteiger charge is 2.33. The highest BCUT2D eigenvalue weighted by molar-refractivity contribution is 7.13. The molecular weight excluding hydrogens is 410 g/mol. The van der Waals surface area contributed by atoms with E-state index in [2.05, 4.69) is 47.8 Å². The Labute approximate surface area is 183 Å². The van der Waals surface area contributed by atoms with E-state index in [1.54, 1.807) is 22.2 Å². The summed E-state index contributed by atoms with van der Waals surface area (Å²) in [5, 5.41) is 10.3. The lowest BCUT2D eigenvalue weighted by molar-refractivity contribution is -0.125. The van der Waals surface area contributed by atoms with E-state index in [-0.39, 0.29) is 11.8 Å². The molecule has 0 aliphatic carbocycles. The molecule has 1 aliphatic heterocycles. The van der Waals surface area contributed by atoms with Crippen molar-refractivity contribution in [3.05, 3.63) is 72.3 Å². The summed E-state index contributed by atoms with van der Waals surface area (Å²) in [7, 11) is 0. The number of anilines is 1. The number of amides is 1. The lowest BCUT2D eigenvalue weighted by Crippen LogP contribution is -2.54. The van der Waals surface area contributed by atoms with Crippen molar-refractivity contribution in [1.29, 1.82) is 0 Å². The molecule has 0 saturated carbocycles. The van der Waals surface area contributed by atoms with Crippen LogP contribution in [0.15, 0.2) is 66.6 Å². The molecule has 0 spiro atoms. The van der Waals surface area contributed by atoms with E-state index >= 15 is 0 Å². The average Bonchev–Trinajstić information content (AvgIpc) is 3.46. The number of thiazole rings is 1. The van der Waals surface area contributed by atoms with Crippen LogP contribution < -0.4 is 10.2 Å². The van der Waals surface area contributed by atoms with E-state index < -0.39 is 0 Å². The minimum absolute atomic E-state index is 0.0292. The van der Waals surface area contributed by atoms with Crippen molar-refractivity contribution < 1.29 is 4.79 Å². The quantitative estimate of drug-likeness (QED) is 0.484. The van der Waals surface area contributed by atoms with Gasteiger partial charge in [-0.2, -0.15) is 5.10 Å². The first kappa shape index (κ1) is 19.4. The number of hydrogen-bond donors (Lipinski definition) is 1. The maximum Gasteiger partial charge on any atom is 0.226 e. The van der Waals surface area contributed by atoms with Crippen LogP contribution >= 0.6 is 11.3 Å². The molecule has 1 amide bonds. The van der Waals surface area contributed by atoms with Crippen LogP contribution in [0.3, 0.4) is 0 Å². The maximum absolute atomic E-state index is 12.5. The van der Waals surface area contributed by atoms with Crippen molar-refractivity contribution in [2.75, 3.05) is 24.5 Å². The Morgan fingerprint density at radius 2 is 1.97 bits per heavy atom. The molecule has 9 heteroatoms. The zero-order valence-electron chi connectivity index (χ0n) is 16.8. The molecule has 5 rings (SSSR count). The number of hydrogen-bond acceptors (Lipinski definition) is 7. The van der Waals surface area contributed by atoms with Gasteiger partial charge < -0.3 is 10.2 Å². The maximum atomic E-state index is 12.5. The fraction of sp³-hybridized carbons (Fsp3) is 0.227. The fourth-order valence-corrected chi connectivity index (χ4v) is 4.32. The van der Waals surface area contributed by atoms with E-state index in [1.807, 2.05) is 36.5 Å². The van der Waals surface area contributed by atoms with Crippen LogP contribution in [0, 0.1) is 5.92 Å². The zero-order valence-corrected chi connectivity index (χ0v) is 17.6. The number of nitrogens with zero attached hydrogens (tertiary/aromatic N) is 6. The Kier molecular flexibility index (Phi) is 5.40. The first-order valence-electron chi connectivity index (χ1n) is 10.1. The minimum atomic E-state index is -0.0292. The van der Waals surface area contributed by atoms with Gasteiger partial charge >= 0.3 is 0 Å². The van der Waals surface area contributed by atoms with Crippen molar-refractivity contribution in [3.63, 3.8) is 0 Å². The summed E-state index contributed by atoms with van der Waals surface area (Å²) in [6, 6.07) is 13.9. The van der Waals surface area contributed by atoms with Gasteiger partial charge in [-0.25, -0.2) is 19.6 Å². The molecular formula is C22H21N7OS. The molecule has 1 aromatic carbocycles. The summed E-state index contributed by atoms with van der Waals surface area (Å²) in [5.41, 5.74) is 2.13. The largest absolute Gasteiger partial charge is 0.355 e. The van der Waals surface area contributed by atoms with Crippen LogP contribution in [0.4, 0.5) is 5.82 Å². The van der Waals surface area contributed by atoms with Crippen molar-refractivity contribution in [1.82, 2.24) is 30.0 Å². The molecule has 1 N–H and O–H groups in total. The Hall–Kier alpha value is -3.59. The third-order valence-corrected chi connectivity index (χ3v) is 6.15. The Morgan fingerprint density at radius 3 is 2.77 bits per heavy atom. The lowest BCUT2D eigenvalue weighted by Gasteiger charge is -2.39. The summed E-state index contributed by atoms with van der Waals surface area (Å²) in [6.45, 7) is 1.89. The van der Waals surface area contributed by atoms with E-state index in [0.717, 1.165) is 28.5 Å². The number of benzene rings is 1. The number of nitrogens with one attached hydrogen (secondary N) is 1. The smallest absolute Gasteiger partial charge is 0.226 e. The van der Waals surface area contributed by atoms with Crippen molar-refractivity contribution >= 4 is 23.1 Å². The molecule has 0 unspecified atom stereocenters. The normalized spacial score (nSPS) is 13.7. The average molecular weight is 432 g/mol. The van der Waals surface area contributed by atoms with Crippen LogP contribution in [0.25, 0.3) is 16.4 Å². The molecule has 4 heterocycles. The second-order valence-corrected chi connectivity index (χ2v) is 8.20. The van der Waals surface area contributed by atoms with Gasteiger partial charge in [0.2, 0.25) is 5.91 Å². The number of carbonyl (C=O) groups excluding carboxylic acids is 1. The first-order valence-corrected chi connectivity index (χ1v) is 11.0. The third-order valence-electron chi connectivity index (χ3n) is 5.21. The fourth-order valence-electron chi connectivity index (χ4n) is 3.46. The third kappa shape index (κ3) is 4.31. The standard InChI is InChI=1S/C22H21N7OS/c30-21(23-9-7-18-14-31-22(27-18)16-5-2-1-3-6-16)17-12-28(13-17)19-11-20(25-15-24-19)29-10-4-8-26-29/h1-6,8,10-11,14-15,17H,7,9,12-13H2,(H,23,30). The molecule has 1 saturated heterocycles. The second-order valence-electron chi connectivity index (χ2n) is 7.34. The Morgan fingerprint density at radius 1 is 1.13 bits per heavy atom. The van der Waals surface area contributed by atoms with Gasteiger partial charge in [0.1, 0.15) is 17.2 Å². The topological polar surface area (TPSA) is 88.8 Å². The molecule has 4 aromatic rings. The van der Waals surface area contributed by atoms with Crippen molar-refractivity contribution in [3.8, 4) is 16.4 Å². The number of aromatic nitrogens is 5. The van der Waals surface area contributed by atoms with Gasteiger partial charge in [0.25, 0.3) is 0 Å². The Bertz CT molecular complexity index is 1150. The van der Waals surface area contributed by atoms with Crippen LogP contribution in [0.2, 0.25) is 0 Å². The van der Waals surface area contributed by atoms with Gasteiger partial charge in [-0.05, 0) is 6.07 Å². The summed E-state index contributed by atoms with van der Waals surface area (Å²) < 4.78 is 1.69. The Balaban J connectivity index is 1.09. The van der Waals surface area contributed by atoms with Gasteiger partial charge in [0.15, 0.2) is 5.82 Å². The van der Waals surface area contributed by atoms with E-state index in [0.29, 0.717) is 25.5 Å². The van der Waals surface area contributed by atoms with E-state index in [9.17, 15) is 4.79 Å². The van der Waals surface area contributed by atoms with Gasteiger partial charge in [-0.1, -0.05) is 30.3 Å². The summed E-state index contributed by atoms with van der Waals surface area (Å²) >= 11 is 1.63. The SMILES string of the molecule is O=C(NCCc1csc(-c2ccccc2)n1)C1CN(c2cc(-n3cccn3)ncn2)C1. The molecule has 8 nitrogen and oxygen atoms in total. The highest BCUT2D eigenvalue weighted by Crippen LogP contribution is 2.24. The number of carbonyl (C=O) groups is 1. The van der Waals surface area contributed by atoms with E-state index in [4.69, 9.17) is 0 Å². The summed E-state index contributed by atoms with van der Waals surface area (Å²) in [5.74, 6) is 1.57. The molecule has 0 radical (unpaired) electrons. The minimum Gasteiger partial charge on any atom is -0.355 e. The predicted octanol–water partition coefficient (Wildman–Crippen LogP) is 2.58. The van der Waals surface area contributed by atoms with Crippen molar-refractivity contribution in [2.45, 2.75) is 6.42 Å². The molecule has 3 aromatic heterocycles. The molecule has 156 valence electrons. The predicted molar refractivity (Wildman–Crippen MR) is 119 cm³/mol. The van der Waals surface area contributed by atoms with Crippen LogP contribution in [0.1, 0.15) is 5.69 Å². The molecule has 1 aliphatic rings. The molecule has 1 fully saturated rings. The van der Waals surface area contributed by atoms with Crippen LogP contribution in [-0.4, -0.2) is 50.3 Å². The van der Waals surface area contributed by atoms with Crippen LogP contribution in [0.5, 0.6) is 0 Å². The van der Waals surface area contributed by atoms with Crippen molar-refractivity contribution in [2.24, 2.45) is 5.92 Å².